The maximum Gasteiger partial charge on any atom is 0.273 e. The summed E-state index contributed by atoms with van der Waals surface area (Å²) in [5.74, 6) is 0.0346. The van der Waals surface area contributed by atoms with Crippen LogP contribution in [0, 0.1) is 6.92 Å². The van der Waals surface area contributed by atoms with Crippen LogP contribution < -0.4 is 4.90 Å². The minimum atomic E-state index is 0.0346. The summed E-state index contributed by atoms with van der Waals surface area (Å²) in [5.41, 5.74) is 4.06. The van der Waals surface area contributed by atoms with Gasteiger partial charge >= 0.3 is 0 Å². The van der Waals surface area contributed by atoms with Crippen LogP contribution in [0.5, 0.6) is 0 Å². The van der Waals surface area contributed by atoms with E-state index in [9.17, 15) is 4.79 Å². The van der Waals surface area contributed by atoms with Crippen LogP contribution in [0.4, 0.5) is 5.69 Å². The highest BCUT2D eigenvalue weighted by Crippen LogP contribution is 2.25. The van der Waals surface area contributed by atoms with Crippen molar-refractivity contribution in [2.75, 3.05) is 31.1 Å². The number of rotatable bonds is 3. The third-order valence-electron chi connectivity index (χ3n) is 4.71. The Bertz CT molecular complexity index is 881. The minimum absolute atomic E-state index is 0.0346. The predicted octanol–water partition coefficient (Wildman–Crippen LogP) is 4.08. The standard InChI is InChI=1S/C21H21N3OS/c1-16-7-9-17(10-8-16)20-22-19(15-26-20)21(25)24-13-11-23(12-14-24)18-5-3-2-4-6-18/h2-10,15H,11-14H2,1H3. The van der Waals surface area contributed by atoms with Gasteiger partial charge in [-0.15, -0.1) is 11.3 Å². The molecule has 1 aliphatic rings. The van der Waals surface area contributed by atoms with Gasteiger partial charge in [-0.25, -0.2) is 4.98 Å². The van der Waals surface area contributed by atoms with Crippen LogP contribution in [-0.4, -0.2) is 42.0 Å². The van der Waals surface area contributed by atoms with Gasteiger partial charge in [-0.1, -0.05) is 48.0 Å². The second kappa shape index (κ2) is 7.30. The number of carbonyl (C=O) groups is 1. The monoisotopic (exact) mass is 363 g/mol. The number of amides is 1. The van der Waals surface area contributed by atoms with Gasteiger partial charge in [-0.05, 0) is 19.1 Å². The molecular formula is C21H21N3OS. The molecule has 0 radical (unpaired) electrons. The average Bonchev–Trinajstić information content (AvgIpc) is 3.19. The first kappa shape index (κ1) is 16.8. The van der Waals surface area contributed by atoms with Gasteiger partial charge in [-0.3, -0.25) is 4.79 Å². The summed E-state index contributed by atoms with van der Waals surface area (Å²) >= 11 is 1.53. The number of hydrogen-bond donors (Lipinski definition) is 0. The van der Waals surface area contributed by atoms with Gasteiger partial charge in [0.15, 0.2) is 0 Å². The van der Waals surface area contributed by atoms with Crippen LogP contribution >= 0.6 is 11.3 Å². The smallest absolute Gasteiger partial charge is 0.273 e. The molecule has 1 saturated heterocycles. The van der Waals surface area contributed by atoms with Crippen molar-refractivity contribution in [2.45, 2.75) is 6.92 Å². The Labute approximate surface area is 157 Å². The van der Waals surface area contributed by atoms with E-state index in [2.05, 4.69) is 65.3 Å². The Kier molecular flexibility index (Phi) is 4.71. The van der Waals surface area contributed by atoms with Gasteiger partial charge < -0.3 is 9.80 Å². The molecule has 4 nitrogen and oxygen atoms in total. The first-order valence-electron chi connectivity index (χ1n) is 8.82. The molecule has 1 aromatic heterocycles. The summed E-state index contributed by atoms with van der Waals surface area (Å²) in [6.07, 6.45) is 0. The number of benzene rings is 2. The molecule has 0 N–H and O–H groups in total. The van der Waals surface area contributed by atoms with Crippen molar-refractivity contribution in [3.8, 4) is 10.6 Å². The number of thiazole rings is 1. The predicted molar refractivity (Wildman–Crippen MR) is 107 cm³/mol. The van der Waals surface area contributed by atoms with Gasteiger partial charge in [0.25, 0.3) is 5.91 Å². The van der Waals surface area contributed by atoms with E-state index in [1.165, 1.54) is 22.6 Å². The lowest BCUT2D eigenvalue weighted by Crippen LogP contribution is -2.48. The summed E-state index contributed by atoms with van der Waals surface area (Å²) in [7, 11) is 0. The number of nitrogens with zero attached hydrogens (tertiary/aromatic N) is 3. The van der Waals surface area contributed by atoms with Crippen molar-refractivity contribution >= 4 is 22.9 Å². The Balaban J connectivity index is 1.42. The highest BCUT2D eigenvalue weighted by molar-refractivity contribution is 7.13. The lowest BCUT2D eigenvalue weighted by atomic mass is 10.2. The molecule has 0 unspecified atom stereocenters. The van der Waals surface area contributed by atoms with Crippen molar-refractivity contribution in [1.82, 2.24) is 9.88 Å². The van der Waals surface area contributed by atoms with Gasteiger partial charge in [0, 0.05) is 42.8 Å². The van der Waals surface area contributed by atoms with Gasteiger partial charge in [0.05, 0.1) is 0 Å². The van der Waals surface area contributed by atoms with Crippen molar-refractivity contribution in [3.63, 3.8) is 0 Å². The van der Waals surface area contributed by atoms with Crippen LogP contribution in [-0.2, 0) is 0 Å². The Hall–Kier alpha value is -2.66. The number of aryl methyl sites for hydroxylation is 1. The van der Waals surface area contributed by atoms with E-state index in [4.69, 9.17) is 0 Å². The average molecular weight is 363 g/mol. The second-order valence-electron chi connectivity index (χ2n) is 6.52. The molecule has 2 heterocycles. The normalized spacial score (nSPS) is 14.5. The third kappa shape index (κ3) is 3.48. The Morgan fingerprint density at radius 3 is 2.35 bits per heavy atom. The molecule has 1 fully saturated rings. The van der Waals surface area contributed by atoms with Gasteiger partial charge in [0.1, 0.15) is 10.7 Å². The van der Waals surface area contributed by atoms with Crippen LogP contribution in [0.1, 0.15) is 16.1 Å². The molecule has 4 rings (SSSR count). The molecule has 0 saturated carbocycles. The highest BCUT2D eigenvalue weighted by Gasteiger charge is 2.24. The van der Waals surface area contributed by atoms with Crippen LogP contribution in [0.3, 0.4) is 0 Å². The van der Waals surface area contributed by atoms with Crippen molar-refractivity contribution in [2.24, 2.45) is 0 Å². The number of carbonyl (C=O) groups excluding carboxylic acids is 1. The van der Waals surface area contributed by atoms with E-state index < -0.39 is 0 Å². The molecule has 0 aliphatic carbocycles. The lowest BCUT2D eigenvalue weighted by molar-refractivity contribution is 0.0742. The zero-order valence-electron chi connectivity index (χ0n) is 14.8. The summed E-state index contributed by atoms with van der Waals surface area (Å²) in [4.78, 5) is 21.6. The summed E-state index contributed by atoms with van der Waals surface area (Å²) < 4.78 is 0. The van der Waals surface area contributed by atoms with E-state index in [-0.39, 0.29) is 5.91 Å². The molecule has 0 spiro atoms. The number of aromatic nitrogens is 1. The maximum atomic E-state index is 12.8. The van der Waals surface area contributed by atoms with E-state index >= 15 is 0 Å². The van der Waals surface area contributed by atoms with Crippen molar-refractivity contribution < 1.29 is 4.79 Å². The molecular weight excluding hydrogens is 342 g/mol. The van der Waals surface area contributed by atoms with E-state index in [1.807, 2.05) is 16.3 Å². The number of para-hydroxylation sites is 1. The number of piperazine rings is 1. The first-order chi connectivity index (χ1) is 12.7. The number of hydrogen-bond acceptors (Lipinski definition) is 4. The first-order valence-corrected chi connectivity index (χ1v) is 9.70. The van der Waals surface area contributed by atoms with Gasteiger partial charge in [0.2, 0.25) is 0 Å². The molecule has 0 atom stereocenters. The molecule has 1 amide bonds. The quantitative estimate of drug-likeness (QED) is 0.703. The third-order valence-corrected chi connectivity index (χ3v) is 5.60. The fraction of sp³-hybridized carbons (Fsp3) is 0.238. The molecule has 2 aromatic carbocycles. The highest BCUT2D eigenvalue weighted by atomic mass is 32.1. The van der Waals surface area contributed by atoms with Crippen LogP contribution in [0.2, 0.25) is 0 Å². The summed E-state index contributed by atoms with van der Waals surface area (Å²) in [5, 5.41) is 2.78. The summed E-state index contributed by atoms with van der Waals surface area (Å²) in [6, 6.07) is 18.6. The molecule has 132 valence electrons. The fourth-order valence-corrected chi connectivity index (χ4v) is 3.97. The van der Waals surface area contributed by atoms with E-state index in [1.54, 1.807) is 0 Å². The molecule has 1 aliphatic heterocycles. The molecule has 3 aromatic rings. The largest absolute Gasteiger partial charge is 0.368 e. The van der Waals surface area contributed by atoms with Crippen molar-refractivity contribution in [1.29, 1.82) is 0 Å². The lowest BCUT2D eigenvalue weighted by Gasteiger charge is -2.35. The summed E-state index contributed by atoms with van der Waals surface area (Å²) in [6.45, 7) is 5.22. The second-order valence-corrected chi connectivity index (χ2v) is 7.38. The van der Waals surface area contributed by atoms with E-state index in [0.29, 0.717) is 5.69 Å². The molecule has 0 bridgehead atoms. The molecule has 26 heavy (non-hydrogen) atoms. The molecule has 5 heteroatoms. The van der Waals surface area contributed by atoms with Crippen molar-refractivity contribution in [3.05, 3.63) is 71.2 Å². The number of anilines is 1. The topological polar surface area (TPSA) is 36.4 Å². The maximum absolute atomic E-state index is 12.8. The van der Waals surface area contributed by atoms with E-state index in [0.717, 1.165) is 36.8 Å². The Morgan fingerprint density at radius 1 is 0.962 bits per heavy atom. The minimum Gasteiger partial charge on any atom is -0.368 e. The van der Waals surface area contributed by atoms with Crippen LogP contribution in [0.15, 0.2) is 60.0 Å². The Morgan fingerprint density at radius 2 is 1.65 bits per heavy atom. The fourth-order valence-electron chi connectivity index (χ4n) is 3.17. The van der Waals surface area contributed by atoms with Gasteiger partial charge in [-0.2, -0.15) is 0 Å². The zero-order valence-corrected chi connectivity index (χ0v) is 15.6. The van der Waals surface area contributed by atoms with Crippen LogP contribution in [0.25, 0.3) is 10.6 Å². The zero-order chi connectivity index (χ0) is 17.9. The SMILES string of the molecule is Cc1ccc(-c2nc(C(=O)N3CCN(c4ccccc4)CC3)cs2)cc1.